The second-order valence-corrected chi connectivity index (χ2v) is 7.35. The number of benzene rings is 2. The van der Waals surface area contributed by atoms with Gasteiger partial charge in [0.15, 0.2) is 6.17 Å². The molecule has 0 unspecified atom stereocenters. The Morgan fingerprint density at radius 3 is 2.58 bits per heavy atom. The van der Waals surface area contributed by atoms with Crippen molar-refractivity contribution < 1.29 is 14.1 Å². The molecular weight excluding hydrogens is 440 g/mol. The van der Waals surface area contributed by atoms with E-state index in [-0.39, 0.29) is 21.3 Å². The number of non-ortho nitro benzene ring substituents is 1. The van der Waals surface area contributed by atoms with Crippen molar-refractivity contribution in [3.63, 3.8) is 0 Å². The van der Waals surface area contributed by atoms with E-state index in [9.17, 15) is 20.2 Å². The number of hydrogen-bond donors (Lipinski definition) is 2. The first kappa shape index (κ1) is 20.5. The SMILES string of the molecule is N#CC1=C(S)N(c2ccccc2)[C@@H](c2ccc(-c3ccc([N+](=O)[O-])cc3Cl)o2)NC1=O. The summed E-state index contributed by atoms with van der Waals surface area (Å²) < 4.78 is 5.96. The lowest BCUT2D eigenvalue weighted by Gasteiger charge is -2.36. The number of rotatable bonds is 4. The Kier molecular flexibility index (Phi) is 5.42. The number of halogens is 1. The molecule has 4 rings (SSSR count). The van der Waals surface area contributed by atoms with Gasteiger partial charge in [0.1, 0.15) is 23.2 Å². The molecule has 10 heteroatoms. The number of para-hydroxylation sites is 1. The van der Waals surface area contributed by atoms with E-state index in [0.29, 0.717) is 22.8 Å². The van der Waals surface area contributed by atoms with Crippen molar-refractivity contribution in [1.29, 1.82) is 5.26 Å². The number of nitro groups is 1. The van der Waals surface area contributed by atoms with E-state index >= 15 is 0 Å². The normalized spacial score (nSPS) is 16.1. The monoisotopic (exact) mass is 452 g/mol. The summed E-state index contributed by atoms with van der Waals surface area (Å²) in [6, 6.07) is 18.4. The third-order valence-corrected chi connectivity index (χ3v) is 5.43. The smallest absolute Gasteiger partial charge is 0.270 e. The van der Waals surface area contributed by atoms with Gasteiger partial charge < -0.3 is 14.6 Å². The number of nitrogens with one attached hydrogen (secondary N) is 1. The first-order valence-corrected chi connectivity index (χ1v) is 9.75. The van der Waals surface area contributed by atoms with Crippen molar-refractivity contribution in [2.75, 3.05) is 4.90 Å². The lowest BCUT2D eigenvalue weighted by atomic mass is 10.1. The van der Waals surface area contributed by atoms with Gasteiger partial charge in [-0.3, -0.25) is 14.9 Å². The van der Waals surface area contributed by atoms with Gasteiger partial charge in [-0.15, -0.1) is 12.6 Å². The Morgan fingerprint density at radius 2 is 1.94 bits per heavy atom. The number of nitro benzene ring substituents is 1. The number of amides is 1. The van der Waals surface area contributed by atoms with Crippen LogP contribution in [-0.4, -0.2) is 10.8 Å². The number of furan rings is 1. The molecule has 1 amide bonds. The van der Waals surface area contributed by atoms with Crippen LogP contribution in [0.25, 0.3) is 11.3 Å². The molecule has 0 bridgehead atoms. The number of carbonyl (C=O) groups is 1. The standard InChI is InChI=1S/C21H13ClN4O4S/c22-16-10-13(26(28)29)6-7-14(16)17-8-9-18(30-17)19-24-20(27)15(11-23)21(31)25(19)12-4-2-1-3-5-12/h1-10,19,31H,(H,24,27)/t19-/m0/s1. The van der Waals surface area contributed by atoms with Gasteiger partial charge in [-0.05, 0) is 30.3 Å². The highest BCUT2D eigenvalue weighted by Crippen LogP contribution is 2.38. The molecule has 0 radical (unpaired) electrons. The Balaban J connectivity index is 1.77. The van der Waals surface area contributed by atoms with E-state index in [1.807, 2.05) is 36.4 Å². The van der Waals surface area contributed by atoms with Crippen LogP contribution in [0.4, 0.5) is 11.4 Å². The lowest BCUT2D eigenvalue weighted by Crippen LogP contribution is -2.45. The van der Waals surface area contributed by atoms with E-state index in [0.717, 1.165) is 0 Å². The van der Waals surface area contributed by atoms with E-state index < -0.39 is 17.0 Å². The molecule has 31 heavy (non-hydrogen) atoms. The second-order valence-electron chi connectivity index (χ2n) is 6.52. The van der Waals surface area contributed by atoms with Crippen LogP contribution in [0, 0.1) is 21.4 Å². The summed E-state index contributed by atoms with van der Waals surface area (Å²) in [4.78, 5) is 24.5. The molecule has 0 aliphatic carbocycles. The minimum absolute atomic E-state index is 0.117. The van der Waals surface area contributed by atoms with Crippen molar-refractivity contribution in [2.45, 2.75) is 6.17 Å². The third-order valence-electron chi connectivity index (χ3n) is 4.68. The summed E-state index contributed by atoms with van der Waals surface area (Å²) in [7, 11) is 0. The quantitative estimate of drug-likeness (QED) is 0.334. The molecule has 154 valence electrons. The summed E-state index contributed by atoms with van der Waals surface area (Å²) in [5, 5.41) is 23.4. The zero-order valence-corrected chi connectivity index (χ0v) is 17.3. The van der Waals surface area contributed by atoms with Crippen LogP contribution in [0.1, 0.15) is 11.9 Å². The van der Waals surface area contributed by atoms with Crippen LogP contribution < -0.4 is 10.2 Å². The number of anilines is 1. The summed E-state index contributed by atoms with van der Waals surface area (Å²) >= 11 is 10.6. The zero-order chi connectivity index (χ0) is 22.1. The third kappa shape index (κ3) is 3.74. The summed E-state index contributed by atoms with van der Waals surface area (Å²) in [6.07, 6.45) is -0.773. The average molecular weight is 453 g/mol. The topological polar surface area (TPSA) is 112 Å². The Morgan fingerprint density at radius 1 is 1.19 bits per heavy atom. The Hall–Kier alpha value is -3.74. The van der Waals surface area contributed by atoms with Crippen LogP contribution >= 0.6 is 24.2 Å². The molecule has 1 aromatic heterocycles. The minimum Gasteiger partial charge on any atom is -0.457 e. The summed E-state index contributed by atoms with van der Waals surface area (Å²) in [5.74, 6) is 0.161. The van der Waals surface area contributed by atoms with Crippen LogP contribution in [0.15, 0.2) is 75.7 Å². The predicted octanol–water partition coefficient (Wildman–Crippen LogP) is 4.81. The molecule has 1 N–H and O–H groups in total. The molecule has 0 saturated carbocycles. The highest BCUT2D eigenvalue weighted by atomic mass is 35.5. The van der Waals surface area contributed by atoms with Gasteiger partial charge in [-0.2, -0.15) is 5.26 Å². The highest BCUT2D eigenvalue weighted by molar-refractivity contribution is 7.84. The zero-order valence-electron chi connectivity index (χ0n) is 15.7. The van der Waals surface area contributed by atoms with Crippen molar-refractivity contribution >= 4 is 41.5 Å². The molecule has 0 spiro atoms. The maximum atomic E-state index is 12.4. The molecule has 1 aliphatic heterocycles. The Labute approximate surface area is 186 Å². The number of hydrogen-bond acceptors (Lipinski definition) is 7. The molecule has 1 atom stereocenters. The van der Waals surface area contributed by atoms with Crippen molar-refractivity contribution in [1.82, 2.24) is 5.32 Å². The predicted molar refractivity (Wildman–Crippen MR) is 117 cm³/mol. The van der Waals surface area contributed by atoms with Crippen LogP contribution in [0.5, 0.6) is 0 Å². The van der Waals surface area contributed by atoms with Gasteiger partial charge in [0.2, 0.25) is 0 Å². The fourth-order valence-corrected chi connectivity index (χ4v) is 3.88. The maximum Gasteiger partial charge on any atom is 0.270 e. The second kappa shape index (κ2) is 8.18. The lowest BCUT2D eigenvalue weighted by molar-refractivity contribution is -0.384. The molecule has 0 fully saturated rings. The number of nitrogens with zero attached hydrogens (tertiary/aromatic N) is 3. The van der Waals surface area contributed by atoms with E-state index in [1.165, 1.54) is 18.2 Å². The summed E-state index contributed by atoms with van der Waals surface area (Å²) in [5.41, 5.74) is 0.903. The summed E-state index contributed by atoms with van der Waals surface area (Å²) in [6.45, 7) is 0. The van der Waals surface area contributed by atoms with Gasteiger partial charge in [0.25, 0.3) is 11.6 Å². The number of nitriles is 1. The molecule has 8 nitrogen and oxygen atoms in total. The molecule has 2 aromatic carbocycles. The van der Waals surface area contributed by atoms with Crippen molar-refractivity contribution in [3.8, 4) is 17.4 Å². The van der Waals surface area contributed by atoms with Gasteiger partial charge in [-0.25, -0.2) is 0 Å². The van der Waals surface area contributed by atoms with Crippen molar-refractivity contribution in [2.24, 2.45) is 0 Å². The fraction of sp³-hybridized carbons (Fsp3) is 0.0476. The fourth-order valence-electron chi connectivity index (χ4n) is 3.23. The van der Waals surface area contributed by atoms with Gasteiger partial charge in [0, 0.05) is 23.4 Å². The first-order valence-electron chi connectivity index (χ1n) is 8.93. The number of thiol groups is 1. The molecular formula is C21H13ClN4O4S. The first-order chi connectivity index (χ1) is 14.9. The number of carbonyl (C=O) groups excluding carboxylic acids is 1. The average Bonchev–Trinajstić information content (AvgIpc) is 3.24. The minimum atomic E-state index is -0.773. The molecule has 2 heterocycles. The van der Waals surface area contributed by atoms with Crippen LogP contribution in [-0.2, 0) is 4.79 Å². The van der Waals surface area contributed by atoms with Crippen molar-refractivity contribution in [3.05, 3.63) is 92.2 Å². The molecule has 1 aliphatic rings. The van der Waals surface area contributed by atoms with Crippen LogP contribution in [0.2, 0.25) is 5.02 Å². The highest BCUT2D eigenvalue weighted by Gasteiger charge is 2.35. The molecule has 3 aromatic rings. The van der Waals surface area contributed by atoms with E-state index in [1.54, 1.807) is 17.0 Å². The van der Waals surface area contributed by atoms with E-state index in [4.69, 9.17) is 16.0 Å². The maximum absolute atomic E-state index is 12.4. The van der Waals surface area contributed by atoms with Gasteiger partial charge in [-0.1, -0.05) is 29.8 Å². The largest absolute Gasteiger partial charge is 0.457 e. The van der Waals surface area contributed by atoms with E-state index in [2.05, 4.69) is 17.9 Å². The van der Waals surface area contributed by atoms with Gasteiger partial charge >= 0.3 is 0 Å². The van der Waals surface area contributed by atoms with Gasteiger partial charge in [0.05, 0.1) is 15.0 Å². The van der Waals surface area contributed by atoms with Crippen LogP contribution in [0.3, 0.4) is 0 Å². The molecule has 0 saturated heterocycles. The Bertz CT molecular complexity index is 1270.